The molecule has 1 aliphatic heterocycles. The van der Waals surface area contributed by atoms with Gasteiger partial charge < -0.3 is 35.3 Å². The molecule has 1 saturated carbocycles. The number of aliphatic hydroxyl groups is 1. The maximum atomic E-state index is 14.1. The first-order valence-corrected chi connectivity index (χ1v) is 13.3. The van der Waals surface area contributed by atoms with Crippen molar-refractivity contribution in [1.29, 1.82) is 0 Å². The topological polar surface area (TPSA) is 106 Å². The zero-order valence-electron chi connectivity index (χ0n) is 22.1. The van der Waals surface area contributed by atoms with Gasteiger partial charge in [-0.1, -0.05) is 18.2 Å². The lowest BCUT2D eigenvalue weighted by Gasteiger charge is -2.42. The SMILES string of the molecule is COCCCc1cc(CN(C(=O)[C@H]2CNCC[C@]2(O)c2cccc(N)c2)C2CC2)cc(OCCOC)c1. The van der Waals surface area contributed by atoms with Crippen LogP contribution in [-0.4, -0.2) is 69.1 Å². The van der Waals surface area contributed by atoms with E-state index in [2.05, 4.69) is 17.4 Å². The first kappa shape index (κ1) is 27.4. The number of ether oxygens (including phenoxy) is 3. The normalized spacial score (nSPS) is 21.5. The lowest BCUT2D eigenvalue weighted by Crippen LogP contribution is -2.55. The molecule has 8 heteroatoms. The van der Waals surface area contributed by atoms with Crippen LogP contribution in [0.2, 0.25) is 0 Å². The van der Waals surface area contributed by atoms with E-state index in [-0.39, 0.29) is 11.9 Å². The van der Waals surface area contributed by atoms with Gasteiger partial charge in [-0.25, -0.2) is 0 Å². The quantitative estimate of drug-likeness (QED) is 0.280. The van der Waals surface area contributed by atoms with Gasteiger partial charge in [0.2, 0.25) is 5.91 Å². The van der Waals surface area contributed by atoms with E-state index < -0.39 is 11.5 Å². The highest BCUT2D eigenvalue weighted by atomic mass is 16.5. The Morgan fingerprint density at radius 2 is 1.89 bits per heavy atom. The minimum absolute atomic E-state index is 0.0220. The molecule has 4 N–H and O–H groups in total. The molecule has 2 aromatic rings. The van der Waals surface area contributed by atoms with Crippen LogP contribution >= 0.6 is 0 Å². The second-order valence-corrected chi connectivity index (χ2v) is 10.2. The molecule has 0 spiro atoms. The van der Waals surface area contributed by atoms with Crippen LogP contribution < -0.4 is 15.8 Å². The fourth-order valence-electron chi connectivity index (χ4n) is 5.19. The predicted molar refractivity (Wildman–Crippen MR) is 143 cm³/mol. The van der Waals surface area contributed by atoms with Crippen molar-refractivity contribution >= 4 is 11.6 Å². The van der Waals surface area contributed by atoms with Crippen molar-refractivity contribution in [2.75, 3.05) is 52.9 Å². The van der Waals surface area contributed by atoms with Crippen molar-refractivity contribution in [3.05, 3.63) is 59.2 Å². The van der Waals surface area contributed by atoms with Gasteiger partial charge in [-0.2, -0.15) is 0 Å². The Balaban J connectivity index is 1.58. The third-order valence-corrected chi connectivity index (χ3v) is 7.31. The first-order chi connectivity index (χ1) is 17.9. The van der Waals surface area contributed by atoms with Gasteiger partial charge in [0, 0.05) is 45.6 Å². The smallest absolute Gasteiger partial charge is 0.230 e. The number of nitrogen functional groups attached to an aromatic ring is 1. The summed E-state index contributed by atoms with van der Waals surface area (Å²) >= 11 is 0. The van der Waals surface area contributed by atoms with Crippen LogP contribution in [0.5, 0.6) is 5.75 Å². The molecule has 0 radical (unpaired) electrons. The molecule has 37 heavy (non-hydrogen) atoms. The number of nitrogens with two attached hydrogens (primary N) is 1. The Kier molecular flexibility index (Phi) is 9.43. The number of benzene rings is 2. The maximum Gasteiger partial charge on any atom is 0.230 e. The van der Waals surface area contributed by atoms with E-state index in [0.29, 0.717) is 57.1 Å². The molecule has 8 nitrogen and oxygen atoms in total. The summed E-state index contributed by atoms with van der Waals surface area (Å²) in [6.07, 6.45) is 4.18. The van der Waals surface area contributed by atoms with Crippen molar-refractivity contribution < 1.29 is 24.1 Å². The Morgan fingerprint density at radius 1 is 1.11 bits per heavy atom. The summed E-state index contributed by atoms with van der Waals surface area (Å²) in [4.78, 5) is 16.0. The van der Waals surface area contributed by atoms with E-state index in [4.69, 9.17) is 19.9 Å². The van der Waals surface area contributed by atoms with Gasteiger partial charge in [0.25, 0.3) is 0 Å². The Hall–Kier alpha value is -2.65. The largest absolute Gasteiger partial charge is 0.491 e. The molecule has 1 amide bonds. The monoisotopic (exact) mass is 511 g/mol. The number of piperidine rings is 1. The molecule has 0 aromatic heterocycles. The van der Waals surface area contributed by atoms with E-state index in [0.717, 1.165) is 42.6 Å². The molecule has 2 atom stereocenters. The molecule has 2 aromatic carbocycles. The molecule has 2 fully saturated rings. The summed E-state index contributed by atoms with van der Waals surface area (Å²) in [5.74, 6) is 0.165. The summed E-state index contributed by atoms with van der Waals surface area (Å²) in [5, 5.41) is 15.2. The molecule has 4 rings (SSSR count). The number of anilines is 1. The zero-order chi connectivity index (χ0) is 26.3. The first-order valence-electron chi connectivity index (χ1n) is 13.3. The van der Waals surface area contributed by atoms with Crippen LogP contribution in [0.25, 0.3) is 0 Å². The van der Waals surface area contributed by atoms with Gasteiger partial charge in [-0.15, -0.1) is 0 Å². The number of hydrogen-bond donors (Lipinski definition) is 3. The van der Waals surface area contributed by atoms with Gasteiger partial charge in [-0.3, -0.25) is 4.79 Å². The summed E-state index contributed by atoms with van der Waals surface area (Å²) in [7, 11) is 3.36. The van der Waals surface area contributed by atoms with E-state index in [1.807, 2.05) is 23.1 Å². The van der Waals surface area contributed by atoms with Crippen molar-refractivity contribution in [2.24, 2.45) is 5.92 Å². The average molecular weight is 512 g/mol. The van der Waals surface area contributed by atoms with E-state index in [9.17, 15) is 9.90 Å². The minimum atomic E-state index is -1.26. The molecule has 0 unspecified atom stereocenters. The molecule has 202 valence electrons. The number of nitrogens with zero attached hydrogens (tertiary/aromatic N) is 1. The molecule has 2 aliphatic rings. The van der Waals surface area contributed by atoms with Crippen LogP contribution in [0.1, 0.15) is 42.4 Å². The van der Waals surface area contributed by atoms with Crippen LogP contribution in [0.4, 0.5) is 5.69 Å². The highest BCUT2D eigenvalue weighted by molar-refractivity contribution is 5.81. The molecule has 1 heterocycles. The summed E-state index contributed by atoms with van der Waals surface area (Å²) in [5.41, 5.74) is 8.24. The fourth-order valence-corrected chi connectivity index (χ4v) is 5.19. The van der Waals surface area contributed by atoms with E-state index >= 15 is 0 Å². The second kappa shape index (κ2) is 12.7. The minimum Gasteiger partial charge on any atom is -0.491 e. The molecule has 1 saturated heterocycles. The molecule has 0 bridgehead atoms. The van der Waals surface area contributed by atoms with Crippen molar-refractivity contribution in [3.8, 4) is 5.75 Å². The van der Waals surface area contributed by atoms with Gasteiger partial charge >= 0.3 is 0 Å². The number of methoxy groups -OCH3 is 2. The summed E-state index contributed by atoms with van der Waals surface area (Å²) < 4.78 is 16.3. The molecule has 1 aliphatic carbocycles. The van der Waals surface area contributed by atoms with Gasteiger partial charge in [0.05, 0.1) is 12.5 Å². The lowest BCUT2D eigenvalue weighted by molar-refractivity contribution is -0.150. The predicted octanol–water partition coefficient (Wildman–Crippen LogP) is 2.86. The van der Waals surface area contributed by atoms with E-state index in [1.54, 1.807) is 26.4 Å². The lowest BCUT2D eigenvalue weighted by atomic mass is 9.75. The number of nitrogens with one attached hydrogen (secondary N) is 1. The van der Waals surface area contributed by atoms with Gasteiger partial charge in [-0.05, 0) is 79.6 Å². The highest BCUT2D eigenvalue weighted by Gasteiger charge is 2.48. The number of carbonyl (C=O) groups is 1. The Labute approximate surface area is 220 Å². The maximum absolute atomic E-state index is 14.1. The molecular formula is C29H41N3O5. The number of amides is 1. The third kappa shape index (κ3) is 7.02. The summed E-state index contributed by atoms with van der Waals surface area (Å²) in [6.45, 7) is 3.21. The van der Waals surface area contributed by atoms with Crippen molar-refractivity contribution in [3.63, 3.8) is 0 Å². The van der Waals surface area contributed by atoms with Crippen LogP contribution in [0.3, 0.4) is 0 Å². The number of hydrogen-bond acceptors (Lipinski definition) is 7. The van der Waals surface area contributed by atoms with Gasteiger partial charge in [0.1, 0.15) is 18.0 Å². The fraction of sp³-hybridized carbons (Fsp3) is 0.552. The number of rotatable bonds is 13. The molecular weight excluding hydrogens is 470 g/mol. The van der Waals surface area contributed by atoms with Crippen LogP contribution in [-0.2, 0) is 32.8 Å². The van der Waals surface area contributed by atoms with E-state index in [1.165, 1.54) is 0 Å². The second-order valence-electron chi connectivity index (χ2n) is 10.2. The van der Waals surface area contributed by atoms with Gasteiger partial charge in [0.15, 0.2) is 0 Å². The average Bonchev–Trinajstić information content (AvgIpc) is 3.73. The highest BCUT2D eigenvalue weighted by Crippen LogP contribution is 2.39. The number of aryl methyl sites for hydroxylation is 1. The standard InChI is InChI=1S/C29H41N3O5/c1-35-12-4-5-21-15-22(17-26(16-21)37-14-13-36-2)20-32(25-8-9-25)28(33)27-19-31-11-10-29(27,34)23-6-3-7-24(30)18-23/h3,6-7,15-18,25,27,31,34H,4-5,8-14,19-20,30H2,1-2H3/t27-,29+/m1/s1. The Bertz CT molecular complexity index is 1020. The van der Waals surface area contributed by atoms with Crippen LogP contribution in [0, 0.1) is 5.92 Å². The van der Waals surface area contributed by atoms with Crippen molar-refractivity contribution in [2.45, 2.75) is 50.3 Å². The third-order valence-electron chi connectivity index (χ3n) is 7.31. The van der Waals surface area contributed by atoms with Crippen LogP contribution in [0.15, 0.2) is 42.5 Å². The number of carbonyl (C=O) groups excluding carboxylic acids is 1. The Morgan fingerprint density at radius 3 is 2.62 bits per heavy atom. The summed E-state index contributed by atoms with van der Waals surface area (Å²) in [6, 6.07) is 13.7. The van der Waals surface area contributed by atoms with Crippen molar-refractivity contribution in [1.82, 2.24) is 10.2 Å². The zero-order valence-corrected chi connectivity index (χ0v) is 22.1.